The molecule has 1 atom stereocenters. The van der Waals surface area contributed by atoms with Gasteiger partial charge < -0.3 is 5.11 Å². The summed E-state index contributed by atoms with van der Waals surface area (Å²) in [5.41, 5.74) is 1.80. The normalized spacial score (nSPS) is 27.3. The maximum absolute atomic E-state index is 11.1. The first kappa shape index (κ1) is 14.9. The van der Waals surface area contributed by atoms with E-state index in [0.29, 0.717) is 0 Å². The Morgan fingerprint density at radius 2 is 1.68 bits per heavy atom. The van der Waals surface area contributed by atoms with Gasteiger partial charge in [0, 0.05) is 5.75 Å². The van der Waals surface area contributed by atoms with Gasteiger partial charge in [-0.05, 0) is 34.1 Å². The lowest BCUT2D eigenvalue weighted by molar-refractivity contribution is -0.0578. The van der Waals surface area contributed by atoms with E-state index < -0.39 is 5.60 Å². The third-order valence-corrected chi connectivity index (χ3v) is 5.65. The smallest absolute Gasteiger partial charge is 0.104 e. The average Bonchev–Trinajstić information content (AvgIpc) is 2.32. The molecule has 1 aromatic rings. The van der Waals surface area contributed by atoms with Crippen LogP contribution in [0.25, 0.3) is 0 Å². The molecular weight excluding hydrogens is 252 g/mol. The van der Waals surface area contributed by atoms with Crippen LogP contribution in [0.15, 0.2) is 24.3 Å². The van der Waals surface area contributed by atoms with Gasteiger partial charge in [-0.2, -0.15) is 11.8 Å². The van der Waals surface area contributed by atoms with Gasteiger partial charge in [0.1, 0.15) is 5.60 Å². The molecule has 1 N–H and O–H groups in total. The monoisotopic (exact) mass is 278 g/mol. The zero-order valence-corrected chi connectivity index (χ0v) is 13.6. The van der Waals surface area contributed by atoms with Gasteiger partial charge in [0.15, 0.2) is 0 Å². The van der Waals surface area contributed by atoms with E-state index in [1.807, 2.05) is 11.8 Å². The fourth-order valence-electron chi connectivity index (χ4n) is 2.67. The van der Waals surface area contributed by atoms with Crippen molar-refractivity contribution in [1.29, 1.82) is 0 Å². The molecular formula is C17H26OS. The summed E-state index contributed by atoms with van der Waals surface area (Å²) in [5, 5.41) is 11.1. The highest BCUT2D eigenvalue weighted by molar-refractivity contribution is 7.99. The summed E-state index contributed by atoms with van der Waals surface area (Å²) in [6, 6.07) is 8.58. The maximum atomic E-state index is 11.1. The zero-order valence-electron chi connectivity index (χ0n) is 12.8. The van der Waals surface area contributed by atoms with E-state index in [4.69, 9.17) is 0 Å². The minimum Gasteiger partial charge on any atom is -0.384 e. The second-order valence-electron chi connectivity index (χ2n) is 7.37. The van der Waals surface area contributed by atoms with Crippen LogP contribution in [-0.2, 0) is 11.0 Å². The molecule has 1 heterocycles. The van der Waals surface area contributed by atoms with Gasteiger partial charge in [-0.3, -0.25) is 0 Å². The molecule has 0 amide bonds. The van der Waals surface area contributed by atoms with Crippen LogP contribution in [0.4, 0.5) is 0 Å². The van der Waals surface area contributed by atoms with Crippen molar-refractivity contribution in [3.63, 3.8) is 0 Å². The third kappa shape index (κ3) is 2.71. The molecule has 2 rings (SSSR count). The summed E-state index contributed by atoms with van der Waals surface area (Å²) >= 11 is 1.86. The summed E-state index contributed by atoms with van der Waals surface area (Å²) in [4.78, 5) is 0. The minimum atomic E-state index is -0.702. The highest BCUT2D eigenvalue weighted by Gasteiger charge is 2.46. The van der Waals surface area contributed by atoms with E-state index in [9.17, 15) is 5.11 Å². The van der Waals surface area contributed by atoms with E-state index in [1.54, 1.807) is 0 Å². The Bertz CT molecular complexity index is 441. The van der Waals surface area contributed by atoms with Crippen molar-refractivity contribution >= 4 is 11.8 Å². The topological polar surface area (TPSA) is 20.2 Å². The molecule has 1 aromatic carbocycles. The zero-order chi connectivity index (χ0) is 14.3. The molecule has 1 saturated heterocycles. The number of rotatable bonds is 1. The summed E-state index contributed by atoms with van der Waals surface area (Å²) in [6.45, 7) is 11.0. The lowest BCUT2D eigenvalue weighted by atomic mass is 9.69. The van der Waals surface area contributed by atoms with Gasteiger partial charge in [-0.15, -0.1) is 0 Å². The van der Waals surface area contributed by atoms with Crippen LogP contribution in [0.1, 0.15) is 52.2 Å². The highest BCUT2D eigenvalue weighted by atomic mass is 32.2. The van der Waals surface area contributed by atoms with E-state index in [2.05, 4.69) is 58.9 Å². The van der Waals surface area contributed by atoms with Crippen molar-refractivity contribution in [3.8, 4) is 0 Å². The Hall–Kier alpha value is -0.470. The van der Waals surface area contributed by atoms with E-state index >= 15 is 0 Å². The predicted octanol–water partition coefficient (Wildman–Crippen LogP) is 4.33. The fraction of sp³-hybridized carbons (Fsp3) is 0.647. The van der Waals surface area contributed by atoms with Crippen LogP contribution >= 0.6 is 11.8 Å². The molecule has 1 aliphatic rings. The fourth-order valence-corrected chi connectivity index (χ4v) is 4.32. The molecule has 1 unspecified atom stereocenters. The van der Waals surface area contributed by atoms with Gasteiger partial charge >= 0.3 is 0 Å². The van der Waals surface area contributed by atoms with E-state index in [1.165, 1.54) is 5.56 Å². The molecule has 0 spiro atoms. The highest BCUT2D eigenvalue weighted by Crippen LogP contribution is 2.48. The SMILES string of the molecule is CC(C)(C)c1ccc(C2(O)CSCCC2(C)C)cc1. The van der Waals surface area contributed by atoms with Crippen LogP contribution in [-0.4, -0.2) is 16.6 Å². The van der Waals surface area contributed by atoms with Gasteiger partial charge in [0.25, 0.3) is 0 Å². The molecule has 1 aliphatic heterocycles. The molecule has 0 bridgehead atoms. The van der Waals surface area contributed by atoms with Crippen molar-refractivity contribution < 1.29 is 5.11 Å². The van der Waals surface area contributed by atoms with Gasteiger partial charge in [0.05, 0.1) is 0 Å². The Kier molecular flexibility index (Phi) is 3.79. The molecule has 1 nitrogen and oxygen atoms in total. The molecule has 0 saturated carbocycles. The lowest BCUT2D eigenvalue weighted by Crippen LogP contribution is -2.47. The number of hydrogen-bond donors (Lipinski definition) is 1. The molecule has 0 aliphatic carbocycles. The van der Waals surface area contributed by atoms with Crippen LogP contribution in [0.3, 0.4) is 0 Å². The quantitative estimate of drug-likeness (QED) is 0.825. The third-order valence-electron chi connectivity index (χ3n) is 4.53. The van der Waals surface area contributed by atoms with E-state index in [-0.39, 0.29) is 10.8 Å². The Labute approximate surface area is 121 Å². The summed E-state index contributed by atoms with van der Waals surface area (Å²) in [5.74, 6) is 1.95. The standard InChI is InChI=1S/C17H26OS/c1-15(2,3)13-6-8-14(9-7-13)17(18)12-19-11-10-16(17,4)5/h6-9,18H,10-12H2,1-5H3. The molecule has 0 radical (unpaired) electrons. The van der Waals surface area contributed by atoms with Gasteiger partial charge in [0.2, 0.25) is 0 Å². The predicted molar refractivity (Wildman–Crippen MR) is 84.8 cm³/mol. The second-order valence-corrected chi connectivity index (χ2v) is 8.48. The molecule has 2 heteroatoms. The molecule has 106 valence electrons. The Morgan fingerprint density at radius 1 is 1.11 bits per heavy atom. The number of hydrogen-bond acceptors (Lipinski definition) is 2. The largest absolute Gasteiger partial charge is 0.384 e. The molecule has 1 fully saturated rings. The number of aliphatic hydroxyl groups is 1. The van der Waals surface area contributed by atoms with Crippen molar-refractivity contribution in [1.82, 2.24) is 0 Å². The first-order valence-corrected chi connectivity index (χ1v) is 8.23. The van der Waals surface area contributed by atoms with Crippen molar-refractivity contribution in [3.05, 3.63) is 35.4 Å². The molecule has 0 aromatic heterocycles. The van der Waals surface area contributed by atoms with Crippen molar-refractivity contribution in [2.45, 2.75) is 52.1 Å². The van der Waals surface area contributed by atoms with Crippen LogP contribution in [0.5, 0.6) is 0 Å². The maximum Gasteiger partial charge on any atom is 0.104 e. The second kappa shape index (κ2) is 4.82. The van der Waals surface area contributed by atoms with Crippen LogP contribution < -0.4 is 0 Å². The first-order chi connectivity index (χ1) is 8.67. The van der Waals surface area contributed by atoms with Gasteiger partial charge in [-0.1, -0.05) is 58.9 Å². The van der Waals surface area contributed by atoms with Crippen LogP contribution in [0, 0.1) is 5.41 Å². The minimum absolute atomic E-state index is 0.0541. The van der Waals surface area contributed by atoms with Crippen molar-refractivity contribution in [2.24, 2.45) is 5.41 Å². The van der Waals surface area contributed by atoms with Crippen LogP contribution in [0.2, 0.25) is 0 Å². The summed E-state index contributed by atoms with van der Waals surface area (Å²) in [7, 11) is 0. The summed E-state index contributed by atoms with van der Waals surface area (Å²) in [6.07, 6.45) is 1.06. The Morgan fingerprint density at radius 3 is 2.16 bits per heavy atom. The van der Waals surface area contributed by atoms with Gasteiger partial charge in [-0.25, -0.2) is 0 Å². The number of benzene rings is 1. The lowest BCUT2D eigenvalue weighted by Gasteiger charge is -2.46. The average molecular weight is 278 g/mol. The molecule has 19 heavy (non-hydrogen) atoms. The Balaban J connectivity index is 2.36. The van der Waals surface area contributed by atoms with Crippen molar-refractivity contribution in [2.75, 3.05) is 11.5 Å². The van der Waals surface area contributed by atoms with E-state index in [0.717, 1.165) is 23.5 Å². The summed E-state index contributed by atoms with van der Waals surface area (Å²) < 4.78 is 0. The first-order valence-electron chi connectivity index (χ1n) is 7.08. The number of thioether (sulfide) groups is 1.